The first kappa shape index (κ1) is 15.6. The molecule has 1 fully saturated rings. The van der Waals surface area contributed by atoms with Gasteiger partial charge in [-0.1, -0.05) is 64.3 Å². The predicted octanol–water partition coefficient (Wildman–Crippen LogP) is 5.03. The summed E-state index contributed by atoms with van der Waals surface area (Å²) in [5.74, 6) is 1.59. The fraction of sp³-hybridized carbons (Fsp3) is 0.684. The maximum absolute atomic E-state index is 6.80. The highest BCUT2D eigenvalue weighted by Gasteiger charge is 2.30. The summed E-state index contributed by atoms with van der Waals surface area (Å²) in [5, 5.41) is 0. The van der Waals surface area contributed by atoms with Crippen LogP contribution in [0.5, 0.6) is 0 Å². The monoisotopic (exact) mass is 273 g/mol. The molecule has 0 heterocycles. The third-order valence-corrected chi connectivity index (χ3v) is 4.96. The fourth-order valence-electron chi connectivity index (χ4n) is 3.61. The van der Waals surface area contributed by atoms with Crippen LogP contribution in [0.1, 0.15) is 70.4 Å². The van der Waals surface area contributed by atoms with E-state index in [4.69, 9.17) is 5.73 Å². The SMILES string of the molecule is CCC1CCCC(N)(c2cccc(CC(C)C)c2)CC1. The third-order valence-electron chi connectivity index (χ3n) is 4.96. The molecular weight excluding hydrogens is 242 g/mol. The van der Waals surface area contributed by atoms with Gasteiger partial charge in [-0.15, -0.1) is 0 Å². The molecular formula is C19H31N. The summed E-state index contributed by atoms with van der Waals surface area (Å²) in [4.78, 5) is 0. The van der Waals surface area contributed by atoms with Crippen LogP contribution in [0.3, 0.4) is 0 Å². The Labute approximate surface area is 125 Å². The van der Waals surface area contributed by atoms with Crippen LogP contribution < -0.4 is 5.73 Å². The maximum atomic E-state index is 6.80. The predicted molar refractivity (Wildman–Crippen MR) is 87.7 cm³/mol. The molecule has 0 spiro atoms. The Morgan fingerprint density at radius 2 is 2.05 bits per heavy atom. The third kappa shape index (κ3) is 3.85. The number of benzene rings is 1. The van der Waals surface area contributed by atoms with Crippen molar-refractivity contribution in [1.29, 1.82) is 0 Å². The Balaban J connectivity index is 2.16. The molecule has 0 bridgehead atoms. The molecule has 1 saturated carbocycles. The maximum Gasteiger partial charge on any atom is 0.0409 e. The van der Waals surface area contributed by atoms with Crippen LogP contribution in [-0.4, -0.2) is 0 Å². The minimum absolute atomic E-state index is 0.0864. The van der Waals surface area contributed by atoms with E-state index in [1.165, 1.54) is 36.8 Å². The summed E-state index contributed by atoms with van der Waals surface area (Å²) < 4.78 is 0. The van der Waals surface area contributed by atoms with Gasteiger partial charge in [-0.25, -0.2) is 0 Å². The molecule has 2 rings (SSSR count). The van der Waals surface area contributed by atoms with Crippen LogP contribution in [0, 0.1) is 11.8 Å². The molecule has 1 aliphatic carbocycles. The zero-order chi connectivity index (χ0) is 14.6. The summed E-state index contributed by atoms with van der Waals surface area (Å²) in [5.41, 5.74) is 9.52. The van der Waals surface area contributed by atoms with Gasteiger partial charge in [-0.3, -0.25) is 0 Å². The summed E-state index contributed by atoms with van der Waals surface area (Å²) in [6.07, 6.45) is 8.70. The quantitative estimate of drug-likeness (QED) is 0.765. The molecule has 1 heteroatoms. The van der Waals surface area contributed by atoms with Gasteiger partial charge in [0.05, 0.1) is 0 Å². The molecule has 0 aromatic heterocycles. The van der Waals surface area contributed by atoms with E-state index < -0.39 is 0 Å². The Morgan fingerprint density at radius 1 is 1.25 bits per heavy atom. The smallest absolute Gasteiger partial charge is 0.0409 e. The molecule has 1 aliphatic rings. The van der Waals surface area contributed by atoms with Crippen molar-refractivity contribution in [2.75, 3.05) is 0 Å². The van der Waals surface area contributed by atoms with E-state index in [1.807, 2.05) is 0 Å². The van der Waals surface area contributed by atoms with Crippen LogP contribution in [0.4, 0.5) is 0 Å². The van der Waals surface area contributed by atoms with Gasteiger partial charge in [-0.2, -0.15) is 0 Å². The van der Waals surface area contributed by atoms with Gasteiger partial charge in [-0.05, 0) is 48.6 Å². The van der Waals surface area contributed by atoms with Crippen molar-refractivity contribution in [3.63, 3.8) is 0 Å². The highest BCUT2D eigenvalue weighted by atomic mass is 14.7. The Morgan fingerprint density at radius 3 is 2.75 bits per heavy atom. The fourth-order valence-corrected chi connectivity index (χ4v) is 3.61. The molecule has 1 nitrogen and oxygen atoms in total. The van der Waals surface area contributed by atoms with Gasteiger partial charge >= 0.3 is 0 Å². The van der Waals surface area contributed by atoms with E-state index in [1.54, 1.807) is 0 Å². The van der Waals surface area contributed by atoms with E-state index in [-0.39, 0.29) is 5.54 Å². The van der Waals surface area contributed by atoms with Crippen molar-refractivity contribution in [3.8, 4) is 0 Å². The molecule has 0 radical (unpaired) electrons. The highest BCUT2D eigenvalue weighted by molar-refractivity contribution is 5.30. The summed E-state index contributed by atoms with van der Waals surface area (Å²) >= 11 is 0. The average Bonchev–Trinajstić information content (AvgIpc) is 2.61. The molecule has 2 unspecified atom stereocenters. The zero-order valence-electron chi connectivity index (χ0n) is 13.5. The second-order valence-electron chi connectivity index (χ2n) is 7.16. The van der Waals surface area contributed by atoms with Crippen molar-refractivity contribution in [3.05, 3.63) is 35.4 Å². The molecule has 20 heavy (non-hydrogen) atoms. The van der Waals surface area contributed by atoms with E-state index in [2.05, 4.69) is 45.0 Å². The van der Waals surface area contributed by atoms with Crippen molar-refractivity contribution in [2.24, 2.45) is 17.6 Å². The van der Waals surface area contributed by atoms with Gasteiger partial charge in [0, 0.05) is 5.54 Å². The minimum atomic E-state index is -0.0864. The zero-order valence-corrected chi connectivity index (χ0v) is 13.5. The molecule has 2 atom stereocenters. The number of hydrogen-bond acceptors (Lipinski definition) is 1. The number of rotatable bonds is 4. The topological polar surface area (TPSA) is 26.0 Å². The lowest BCUT2D eigenvalue weighted by atomic mass is 9.82. The molecule has 1 aromatic carbocycles. The molecule has 1 aromatic rings. The van der Waals surface area contributed by atoms with Crippen molar-refractivity contribution >= 4 is 0 Å². The minimum Gasteiger partial charge on any atom is -0.321 e. The van der Waals surface area contributed by atoms with E-state index in [9.17, 15) is 0 Å². The number of nitrogens with two attached hydrogens (primary N) is 1. The van der Waals surface area contributed by atoms with E-state index >= 15 is 0 Å². The van der Waals surface area contributed by atoms with E-state index in [0.717, 1.165) is 25.2 Å². The average molecular weight is 273 g/mol. The summed E-state index contributed by atoms with van der Waals surface area (Å²) in [7, 11) is 0. The van der Waals surface area contributed by atoms with Crippen molar-refractivity contribution < 1.29 is 0 Å². The summed E-state index contributed by atoms with van der Waals surface area (Å²) in [6.45, 7) is 6.88. The van der Waals surface area contributed by atoms with Crippen LogP contribution in [0.15, 0.2) is 24.3 Å². The van der Waals surface area contributed by atoms with Gasteiger partial charge in [0.1, 0.15) is 0 Å². The molecule has 0 amide bonds. The second kappa shape index (κ2) is 6.76. The standard InChI is InChI=1S/C19H31N/c1-4-16-8-6-11-19(20,12-10-16)18-9-5-7-17(14-18)13-15(2)3/h5,7,9,14-16H,4,6,8,10-13,20H2,1-3H3. The van der Waals surface area contributed by atoms with Gasteiger partial charge in [0.25, 0.3) is 0 Å². The lowest BCUT2D eigenvalue weighted by molar-refractivity contribution is 0.371. The van der Waals surface area contributed by atoms with Crippen LogP contribution in [0.2, 0.25) is 0 Å². The number of hydrogen-bond donors (Lipinski definition) is 1. The Hall–Kier alpha value is -0.820. The first-order valence-electron chi connectivity index (χ1n) is 8.42. The van der Waals surface area contributed by atoms with Crippen LogP contribution >= 0.6 is 0 Å². The Bertz CT molecular complexity index is 424. The van der Waals surface area contributed by atoms with E-state index in [0.29, 0.717) is 5.92 Å². The normalized spacial score (nSPS) is 27.6. The lowest BCUT2D eigenvalue weighted by Gasteiger charge is -2.29. The van der Waals surface area contributed by atoms with Gasteiger partial charge in [0.15, 0.2) is 0 Å². The molecule has 112 valence electrons. The second-order valence-corrected chi connectivity index (χ2v) is 7.16. The van der Waals surface area contributed by atoms with Gasteiger partial charge < -0.3 is 5.73 Å². The molecule has 2 N–H and O–H groups in total. The largest absolute Gasteiger partial charge is 0.321 e. The molecule has 0 saturated heterocycles. The van der Waals surface area contributed by atoms with Crippen molar-refractivity contribution in [2.45, 2.75) is 71.3 Å². The first-order valence-corrected chi connectivity index (χ1v) is 8.42. The molecule has 0 aliphatic heterocycles. The highest BCUT2D eigenvalue weighted by Crippen LogP contribution is 2.37. The van der Waals surface area contributed by atoms with Crippen LogP contribution in [-0.2, 0) is 12.0 Å². The lowest BCUT2D eigenvalue weighted by Crippen LogP contribution is -2.36. The Kier molecular flexibility index (Phi) is 5.26. The van der Waals surface area contributed by atoms with Gasteiger partial charge in [0.2, 0.25) is 0 Å². The first-order chi connectivity index (χ1) is 9.53. The van der Waals surface area contributed by atoms with Crippen LogP contribution in [0.25, 0.3) is 0 Å². The van der Waals surface area contributed by atoms with Crippen molar-refractivity contribution in [1.82, 2.24) is 0 Å². The summed E-state index contributed by atoms with van der Waals surface area (Å²) in [6, 6.07) is 9.06.